The van der Waals surface area contributed by atoms with Gasteiger partial charge in [-0.25, -0.2) is 0 Å². The fourth-order valence-corrected chi connectivity index (χ4v) is 2.03. The van der Waals surface area contributed by atoms with E-state index in [1.54, 1.807) is 0 Å². The van der Waals surface area contributed by atoms with Gasteiger partial charge >= 0.3 is 5.97 Å². The number of nitrogens with two attached hydrogens (primary N) is 1. The minimum absolute atomic E-state index is 0.339. The zero-order chi connectivity index (χ0) is 14.5. The molecule has 0 saturated heterocycles. The van der Waals surface area contributed by atoms with Gasteiger partial charge in [-0.3, -0.25) is 9.78 Å². The molecule has 1 heterocycles. The summed E-state index contributed by atoms with van der Waals surface area (Å²) >= 11 is 0. The van der Waals surface area contributed by atoms with Crippen LogP contribution in [0.2, 0.25) is 0 Å². The number of carboxylic acids is 1. The Morgan fingerprint density at radius 3 is 2.55 bits per heavy atom. The molecule has 2 rings (SSSR count). The molecular formula is C16H18N2O2. The van der Waals surface area contributed by atoms with Crippen molar-refractivity contribution in [2.24, 2.45) is 5.73 Å². The molecule has 4 heteroatoms. The molecule has 0 radical (unpaired) electrons. The number of hydrogen-bond acceptors (Lipinski definition) is 3. The van der Waals surface area contributed by atoms with E-state index < -0.39 is 12.0 Å². The maximum atomic E-state index is 10.7. The SMILES string of the molecule is CCc1cc(-c2ccc(C[C@H](N)C(=O)O)cc2)ccn1. The van der Waals surface area contributed by atoms with Crippen molar-refractivity contribution in [1.82, 2.24) is 4.98 Å². The Labute approximate surface area is 118 Å². The predicted molar refractivity (Wildman–Crippen MR) is 78.4 cm³/mol. The first-order valence-electron chi connectivity index (χ1n) is 6.62. The third kappa shape index (κ3) is 3.42. The van der Waals surface area contributed by atoms with E-state index in [0.717, 1.165) is 28.8 Å². The Morgan fingerprint density at radius 1 is 1.25 bits per heavy atom. The predicted octanol–water partition coefficient (Wildman–Crippen LogP) is 2.27. The molecule has 104 valence electrons. The highest BCUT2D eigenvalue weighted by Crippen LogP contribution is 2.20. The van der Waals surface area contributed by atoms with Gasteiger partial charge in [0.25, 0.3) is 0 Å². The monoisotopic (exact) mass is 270 g/mol. The van der Waals surface area contributed by atoms with Crippen LogP contribution < -0.4 is 5.73 Å². The average molecular weight is 270 g/mol. The van der Waals surface area contributed by atoms with Gasteiger partial charge in [-0.15, -0.1) is 0 Å². The average Bonchev–Trinajstić information content (AvgIpc) is 2.48. The van der Waals surface area contributed by atoms with Gasteiger partial charge in [-0.2, -0.15) is 0 Å². The summed E-state index contributed by atoms with van der Waals surface area (Å²) in [6, 6.07) is 11.0. The minimum Gasteiger partial charge on any atom is -0.480 e. The van der Waals surface area contributed by atoms with Gasteiger partial charge in [0, 0.05) is 11.9 Å². The zero-order valence-electron chi connectivity index (χ0n) is 11.4. The third-order valence-electron chi connectivity index (χ3n) is 3.24. The second-order valence-corrected chi connectivity index (χ2v) is 4.74. The second kappa shape index (κ2) is 6.30. The molecule has 2 aromatic rings. The van der Waals surface area contributed by atoms with Crippen LogP contribution in [0.4, 0.5) is 0 Å². The molecule has 20 heavy (non-hydrogen) atoms. The molecular weight excluding hydrogens is 252 g/mol. The number of aliphatic carboxylic acids is 1. The summed E-state index contributed by atoms with van der Waals surface area (Å²) in [4.78, 5) is 15.0. The quantitative estimate of drug-likeness (QED) is 0.873. The summed E-state index contributed by atoms with van der Waals surface area (Å²) in [7, 11) is 0. The van der Waals surface area contributed by atoms with Crippen LogP contribution in [-0.2, 0) is 17.6 Å². The molecule has 1 atom stereocenters. The van der Waals surface area contributed by atoms with E-state index in [1.807, 2.05) is 36.5 Å². The normalized spacial score (nSPS) is 12.1. The van der Waals surface area contributed by atoms with Gasteiger partial charge in [0.15, 0.2) is 0 Å². The molecule has 0 unspecified atom stereocenters. The molecule has 4 nitrogen and oxygen atoms in total. The summed E-state index contributed by atoms with van der Waals surface area (Å²) in [5, 5.41) is 8.80. The standard InChI is InChI=1S/C16H18N2O2/c1-2-14-10-13(7-8-18-14)12-5-3-11(4-6-12)9-15(17)16(19)20/h3-8,10,15H,2,9,17H2,1H3,(H,19,20)/t15-/m0/s1. The molecule has 0 saturated carbocycles. The largest absolute Gasteiger partial charge is 0.480 e. The molecule has 1 aromatic carbocycles. The lowest BCUT2D eigenvalue weighted by atomic mass is 10.0. The van der Waals surface area contributed by atoms with Gasteiger partial charge in [0.05, 0.1) is 0 Å². The number of hydrogen-bond donors (Lipinski definition) is 2. The first-order valence-corrected chi connectivity index (χ1v) is 6.62. The van der Waals surface area contributed by atoms with Crippen molar-refractivity contribution in [3.05, 3.63) is 53.9 Å². The van der Waals surface area contributed by atoms with Crippen LogP contribution in [0.25, 0.3) is 11.1 Å². The number of carboxylic acid groups (broad SMARTS) is 1. The third-order valence-corrected chi connectivity index (χ3v) is 3.24. The molecule has 3 N–H and O–H groups in total. The molecule has 0 aliphatic heterocycles. The Hall–Kier alpha value is -2.20. The summed E-state index contributed by atoms with van der Waals surface area (Å²) in [5.74, 6) is -0.976. The van der Waals surface area contributed by atoms with Crippen LogP contribution in [0.5, 0.6) is 0 Å². The number of aromatic nitrogens is 1. The maximum Gasteiger partial charge on any atom is 0.320 e. The van der Waals surface area contributed by atoms with Crippen LogP contribution in [0, 0.1) is 0 Å². The number of benzene rings is 1. The van der Waals surface area contributed by atoms with Crippen molar-refractivity contribution in [3.8, 4) is 11.1 Å². The summed E-state index contributed by atoms with van der Waals surface area (Å²) < 4.78 is 0. The fourth-order valence-electron chi connectivity index (χ4n) is 2.03. The van der Waals surface area contributed by atoms with Crippen LogP contribution in [0.1, 0.15) is 18.2 Å². The topological polar surface area (TPSA) is 76.2 Å². The van der Waals surface area contributed by atoms with Crippen molar-refractivity contribution in [2.45, 2.75) is 25.8 Å². The van der Waals surface area contributed by atoms with E-state index in [1.165, 1.54) is 0 Å². The van der Waals surface area contributed by atoms with Gasteiger partial charge in [-0.05, 0) is 41.7 Å². The first-order chi connectivity index (χ1) is 9.60. The number of aryl methyl sites for hydroxylation is 1. The second-order valence-electron chi connectivity index (χ2n) is 4.74. The Morgan fingerprint density at radius 2 is 1.95 bits per heavy atom. The molecule has 0 aliphatic carbocycles. The lowest BCUT2D eigenvalue weighted by molar-refractivity contribution is -0.138. The number of rotatable bonds is 5. The molecule has 1 aromatic heterocycles. The van der Waals surface area contributed by atoms with E-state index in [4.69, 9.17) is 10.8 Å². The minimum atomic E-state index is -0.976. The van der Waals surface area contributed by atoms with E-state index >= 15 is 0 Å². The number of nitrogens with zero attached hydrogens (tertiary/aromatic N) is 1. The van der Waals surface area contributed by atoms with Crippen LogP contribution in [0.3, 0.4) is 0 Å². The molecule has 0 bridgehead atoms. The Balaban J connectivity index is 2.17. The van der Waals surface area contributed by atoms with Crippen molar-refractivity contribution < 1.29 is 9.90 Å². The van der Waals surface area contributed by atoms with Gasteiger partial charge < -0.3 is 10.8 Å². The van der Waals surface area contributed by atoms with E-state index in [2.05, 4.69) is 18.0 Å². The summed E-state index contributed by atoms with van der Waals surface area (Å²) in [6.45, 7) is 2.07. The Kier molecular flexibility index (Phi) is 4.48. The fraction of sp³-hybridized carbons (Fsp3) is 0.250. The molecule has 0 aliphatic rings. The van der Waals surface area contributed by atoms with Crippen molar-refractivity contribution in [3.63, 3.8) is 0 Å². The van der Waals surface area contributed by atoms with E-state index in [0.29, 0.717) is 6.42 Å². The van der Waals surface area contributed by atoms with E-state index in [-0.39, 0.29) is 0 Å². The molecule has 0 spiro atoms. The Bertz CT molecular complexity index is 594. The highest BCUT2D eigenvalue weighted by atomic mass is 16.4. The van der Waals surface area contributed by atoms with Crippen molar-refractivity contribution in [1.29, 1.82) is 0 Å². The highest BCUT2D eigenvalue weighted by Gasteiger charge is 2.11. The van der Waals surface area contributed by atoms with Crippen LogP contribution in [0.15, 0.2) is 42.6 Å². The molecule has 0 fully saturated rings. The number of pyridine rings is 1. The van der Waals surface area contributed by atoms with Gasteiger partial charge in [0.1, 0.15) is 6.04 Å². The number of carbonyl (C=O) groups is 1. The van der Waals surface area contributed by atoms with E-state index in [9.17, 15) is 4.79 Å². The summed E-state index contributed by atoms with van der Waals surface area (Å²) in [5.41, 5.74) is 9.72. The van der Waals surface area contributed by atoms with Crippen molar-refractivity contribution in [2.75, 3.05) is 0 Å². The zero-order valence-corrected chi connectivity index (χ0v) is 11.4. The lowest BCUT2D eigenvalue weighted by Crippen LogP contribution is -2.32. The van der Waals surface area contributed by atoms with Gasteiger partial charge in [0.2, 0.25) is 0 Å². The lowest BCUT2D eigenvalue weighted by Gasteiger charge is -2.08. The summed E-state index contributed by atoms with van der Waals surface area (Å²) in [6.07, 6.45) is 3.05. The highest BCUT2D eigenvalue weighted by molar-refractivity contribution is 5.73. The van der Waals surface area contributed by atoms with Gasteiger partial charge in [-0.1, -0.05) is 31.2 Å². The van der Waals surface area contributed by atoms with Crippen LogP contribution >= 0.6 is 0 Å². The maximum absolute atomic E-state index is 10.7. The van der Waals surface area contributed by atoms with Crippen LogP contribution in [-0.4, -0.2) is 22.1 Å². The molecule has 0 amide bonds. The smallest absolute Gasteiger partial charge is 0.320 e. The first kappa shape index (κ1) is 14.2. The van der Waals surface area contributed by atoms with Crippen molar-refractivity contribution >= 4 is 5.97 Å².